The molecule has 166 valence electrons. The molecule has 0 saturated carbocycles. The van der Waals surface area contributed by atoms with Crippen LogP contribution in [0, 0.1) is 0 Å². The van der Waals surface area contributed by atoms with Crippen LogP contribution in [0.3, 0.4) is 0 Å². The van der Waals surface area contributed by atoms with Gasteiger partial charge in [-0.15, -0.1) is 0 Å². The maximum absolute atomic E-state index is 13.3. The maximum atomic E-state index is 13.3. The molecular formula is C23H23N3O5S. The van der Waals surface area contributed by atoms with E-state index in [-0.39, 0.29) is 10.6 Å². The number of nitrogens with one attached hydrogen (secondary N) is 1. The summed E-state index contributed by atoms with van der Waals surface area (Å²) in [6, 6.07) is 21.6. The highest BCUT2D eigenvalue weighted by Gasteiger charge is 2.29. The van der Waals surface area contributed by atoms with Crippen molar-refractivity contribution in [3.63, 3.8) is 0 Å². The van der Waals surface area contributed by atoms with Crippen LogP contribution in [0.15, 0.2) is 88.9 Å². The van der Waals surface area contributed by atoms with Crippen molar-refractivity contribution in [3.05, 3.63) is 84.4 Å². The zero-order valence-corrected chi connectivity index (χ0v) is 18.5. The molecule has 0 saturated heterocycles. The molecule has 3 rings (SSSR count). The summed E-state index contributed by atoms with van der Waals surface area (Å²) in [5.41, 5.74) is 3.36. The molecule has 0 bridgehead atoms. The van der Waals surface area contributed by atoms with E-state index in [1.165, 1.54) is 25.5 Å². The van der Waals surface area contributed by atoms with Crippen LogP contribution in [0.25, 0.3) is 0 Å². The summed E-state index contributed by atoms with van der Waals surface area (Å²) in [5.74, 6) is 0.409. The third kappa shape index (κ3) is 5.44. The van der Waals surface area contributed by atoms with E-state index in [4.69, 9.17) is 9.47 Å². The van der Waals surface area contributed by atoms with Gasteiger partial charge in [-0.25, -0.2) is 13.8 Å². The van der Waals surface area contributed by atoms with Crippen molar-refractivity contribution >= 4 is 27.8 Å². The van der Waals surface area contributed by atoms with Gasteiger partial charge >= 0.3 is 0 Å². The van der Waals surface area contributed by atoms with Crippen molar-refractivity contribution in [2.45, 2.75) is 4.90 Å². The van der Waals surface area contributed by atoms with Crippen molar-refractivity contribution in [1.29, 1.82) is 0 Å². The molecule has 0 aromatic heterocycles. The van der Waals surface area contributed by atoms with Gasteiger partial charge < -0.3 is 9.47 Å². The van der Waals surface area contributed by atoms with E-state index < -0.39 is 22.5 Å². The highest BCUT2D eigenvalue weighted by molar-refractivity contribution is 7.92. The standard InChI is InChI=1S/C23H23N3O5S/c1-30-19-14-12-18(13-15-19)16-24-25-23(27)17-26(21-10-6-7-11-22(21)31-2)32(28,29)20-8-4-3-5-9-20/h3-16H,17H2,1-2H3,(H,25,27)/b24-16-. The lowest BCUT2D eigenvalue weighted by molar-refractivity contribution is -0.119. The number of amides is 1. The van der Waals surface area contributed by atoms with Crippen LogP contribution in [0.4, 0.5) is 5.69 Å². The fourth-order valence-corrected chi connectivity index (χ4v) is 4.34. The molecule has 0 aliphatic heterocycles. The molecular weight excluding hydrogens is 430 g/mol. The monoisotopic (exact) mass is 453 g/mol. The van der Waals surface area contributed by atoms with Crippen molar-refractivity contribution < 1.29 is 22.7 Å². The van der Waals surface area contributed by atoms with E-state index in [9.17, 15) is 13.2 Å². The van der Waals surface area contributed by atoms with E-state index in [0.29, 0.717) is 11.5 Å². The molecule has 8 nitrogen and oxygen atoms in total. The van der Waals surface area contributed by atoms with Gasteiger partial charge in [0.05, 0.1) is 31.0 Å². The number of hydrazone groups is 1. The predicted molar refractivity (Wildman–Crippen MR) is 123 cm³/mol. The average Bonchev–Trinajstić information content (AvgIpc) is 2.83. The van der Waals surface area contributed by atoms with E-state index in [1.807, 2.05) is 0 Å². The second-order valence-electron chi connectivity index (χ2n) is 6.56. The van der Waals surface area contributed by atoms with Crippen molar-refractivity contribution in [1.82, 2.24) is 5.43 Å². The molecule has 0 fully saturated rings. The summed E-state index contributed by atoms with van der Waals surface area (Å²) >= 11 is 0. The number of anilines is 1. The fraction of sp³-hybridized carbons (Fsp3) is 0.130. The molecule has 0 spiro atoms. The Morgan fingerprint density at radius 1 is 0.938 bits per heavy atom. The zero-order chi connectivity index (χ0) is 23.0. The Bertz CT molecular complexity index is 1180. The molecule has 1 amide bonds. The number of hydrogen-bond donors (Lipinski definition) is 1. The number of benzene rings is 3. The largest absolute Gasteiger partial charge is 0.497 e. The number of rotatable bonds is 9. The molecule has 0 aliphatic rings. The van der Waals surface area contributed by atoms with Crippen LogP contribution >= 0.6 is 0 Å². The molecule has 32 heavy (non-hydrogen) atoms. The smallest absolute Gasteiger partial charge is 0.264 e. The van der Waals surface area contributed by atoms with Gasteiger partial charge in [-0.05, 0) is 54.1 Å². The first-order valence-corrected chi connectivity index (χ1v) is 11.1. The number of carbonyl (C=O) groups is 1. The van der Waals surface area contributed by atoms with Crippen LogP contribution in [0.1, 0.15) is 5.56 Å². The number of para-hydroxylation sites is 2. The van der Waals surface area contributed by atoms with Gasteiger partial charge in [0.15, 0.2) is 0 Å². The van der Waals surface area contributed by atoms with Gasteiger partial charge in [-0.3, -0.25) is 9.10 Å². The molecule has 1 N–H and O–H groups in total. The first-order chi connectivity index (χ1) is 15.5. The minimum absolute atomic E-state index is 0.0560. The van der Waals surface area contributed by atoms with Gasteiger partial charge in [0.1, 0.15) is 18.0 Å². The lowest BCUT2D eigenvalue weighted by atomic mass is 10.2. The summed E-state index contributed by atoms with van der Waals surface area (Å²) in [6.45, 7) is -0.489. The Balaban J connectivity index is 1.83. The molecule has 9 heteroatoms. The fourth-order valence-electron chi connectivity index (χ4n) is 2.89. The average molecular weight is 454 g/mol. The number of ether oxygens (including phenoxy) is 2. The molecule has 3 aromatic rings. The summed E-state index contributed by atoms with van der Waals surface area (Å²) in [4.78, 5) is 12.7. The molecule has 0 heterocycles. The number of sulfonamides is 1. The SMILES string of the molecule is COc1ccc(/C=N\NC(=O)CN(c2ccccc2OC)S(=O)(=O)c2ccccc2)cc1. The third-order valence-corrected chi connectivity index (χ3v) is 6.26. The molecule has 0 aliphatic carbocycles. The predicted octanol–water partition coefficient (Wildman–Crippen LogP) is 3.05. The number of nitrogens with zero attached hydrogens (tertiary/aromatic N) is 2. The summed E-state index contributed by atoms with van der Waals surface area (Å²) in [5, 5.41) is 3.92. The number of carbonyl (C=O) groups excluding carboxylic acids is 1. The van der Waals surface area contributed by atoms with Crippen molar-refractivity contribution in [2.24, 2.45) is 5.10 Å². The number of methoxy groups -OCH3 is 2. The van der Waals surface area contributed by atoms with E-state index in [0.717, 1.165) is 9.87 Å². The second kappa shape index (κ2) is 10.5. The molecule has 0 atom stereocenters. The Labute approximate surface area is 187 Å². The Kier molecular flexibility index (Phi) is 7.45. The normalized spacial score (nSPS) is 11.2. The van der Waals surface area contributed by atoms with Gasteiger partial charge in [-0.1, -0.05) is 30.3 Å². The molecule has 0 radical (unpaired) electrons. The Morgan fingerprint density at radius 2 is 1.59 bits per heavy atom. The van der Waals surface area contributed by atoms with Crippen molar-refractivity contribution in [2.75, 3.05) is 25.1 Å². The topological polar surface area (TPSA) is 97.3 Å². The van der Waals surface area contributed by atoms with E-state index >= 15 is 0 Å². The number of hydrogen-bond acceptors (Lipinski definition) is 6. The van der Waals surface area contributed by atoms with Crippen LogP contribution in [-0.4, -0.2) is 41.3 Å². The van der Waals surface area contributed by atoms with Gasteiger partial charge in [0.25, 0.3) is 15.9 Å². The van der Waals surface area contributed by atoms with E-state index in [2.05, 4.69) is 10.5 Å². The first-order valence-electron chi connectivity index (χ1n) is 9.62. The van der Waals surface area contributed by atoms with E-state index in [1.54, 1.807) is 73.8 Å². The van der Waals surface area contributed by atoms with Gasteiger partial charge in [0.2, 0.25) is 0 Å². The maximum Gasteiger partial charge on any atom is 0.264 e. The lowest BCUT2D eigenvalue weighted by Crippen LogP contribution is -2.39. The van der Waals surface area contributed by atoms with Crippen LogP contribution in [0.2, 0.25) is 0 Å². The summed E-state index contributed by atoms with van der Waals surface area (Å²) in [7, 11) is -1.03. The highest BCUT2D eigenvalue weighted by Crippen LogP contribution is 2.31. The Morgan fingerprint density at radius 3 is 2.25 bits per heavy atom. The highest BCUT2D eigenvalue weighted by atomic mass is 32.2. The minimum Gasteiger partial charge on any atom is -0.497 e. The summed E-state index contributed by atoms with van der Waals surface area (Å²) < 4.78 is 38.1. The lowest BCUT2D eigenvalue weighted by Gasteiger charge is -2.25. The third-order valence-electron chi connectivity index (χ3n) is 4.49. The van der Waals surface area contributed by atoms with Crippen LogP contribution in [0.5, 0.6) is 11.5 Å². The van der Waals surface area contributed by atoms with Gasteiger partial charge in [0, 0.05) is 0 Å². The second-order valence-corrected chi connectivity index (χ2v) is 8.43. The van der Waals surface area contributed by atoms with Crippen LogP contribution in [-0.2, 0) is 14.8 Å². The van der Waals surface area contributed by atoms with Crippen molar-refractivity contribution in [3.8, 4) is 11.5 Å². The first kappa shape index (κ1) is 22.8. The quantitative estimate of drug-likeness (QED) is 0.397. The Hall–Kier alpha value is -3.85. The zero-order valence-electron chi connectivity index (χ0n) is 17.6. The summed E-state index contributed by atoms with van der Waals surface area (Å²) in [6.07, 6.45) is 1.45. The molecule has 3 aromatic carbocycles. The minimum atomic E-state index is -4.04. The van der Waals surface area contributed by atoms with Crippen LogP contribution < -0.4 is 19.2 Å². The molecule has 0 unspecified atom stereocenters. The van der Waals surface area contributed by atoms with Gasteiger partial charge in [-0.2, -0.15) is 5.10 Å².